The normalized spacial score (nSPS) is 22.7. The fourth-order valence-corrected chi connectivity index (χ4v) is 1.75. The summed E-state index contributed by atoms with van der Waals surface area (Å²) in [5.41, 5.74) is 0. The molecule has 0 aliphatic carbocycles. The number of carbonyl (C=O) groups excluding carboxylic acids is 2. The van der Waals surface area contributed by atoms with E-state index in [-0.39, 0.29) is 11.8 Å². The third-order valence-electron chi connectivity index (χ3n) is 3.09. The van der Waals surface area contributed by atoms with Gasteiger partial charge in [-0.15, -0.1) is 0 Å². The van der Waals surface area contributed by atoms with Gasteiger partial charge in [0.15, 0.2) is 0 Å². The van der Waals surface area contributed by atoms with Crippen molar-refractivity contribution in [2.24, 2.45) is 5.92 Å². The molecule has 3 N–H and O–H groups in total. The molecule has 3 atom stereocenters. The van der Waals surface area contributed by atoms with Crippen molar-refractivity contribution in [2.75, 3.05) is 0 Å². The minimum Gasteiger partial charge on any atom is -0.480 e. The summed E-state index contributed by atoms with van der Waals surface area (Å²) in [6, 6.07) is -1.49. The van der Waals surface area contributed by atoms with Gasteiger partial charge in [-0.25, -0.2) is 4.79 Å². The SMILES string of the molecule is CC[C@H](C)[C@H](NC(=O)[C@H]1CCC(=O)N1)C(=O)O. The van der Waals surface area contributed by atoms with Gasteiger partial charge in [0.05, 0.1) is 0 Å². The van der Waals surface area contributed by atoms with Crippen molar-refractivity contribution in [2.45, 2.75) is 45.2 Å². The number of nitrogens with one attached hydrogen (secondary N) is 2. The minimum absolute atomic E-state index is 0.145. The Morgan fingerprint density at radius 1 is 1.59 bits per heavy atom. The molecule has 17 heavy (non-hydrogen) atoms. The summed E-state index contributed by atoms with van der Waals surface area (Å²) in [6.45, 7) is 3.64. The number of carboxylic acids is 1. The van der Waals surface area contributed by atoms with Crippen LogP contribution < -0.4 is 10.6 Å². The molecule has 1 aliphatic rings. The van der Waals surface area contributed by atoms with E-state index in [1.165, 1.54) is 0 Å². The molecule has 0 spiro atoms. The van der Waals surface area contributed by atoms with E-state index >= 15 is 0 Å². The van der Waals surface area contributed by atoms with Crippen molar-refractivity contribution in [1.82, 2.24) is 10.6 Å². The quantitative estimate of drug-likeness (QED) is 0.626. The number of rotatable bonds is 5. The van der Waals surface area contributed by atoms with Crippen LogP contribution in [0.3, 0.4) is 0 Å². The fraction of sp³-hybridized carbons (Fsp3) is 0.727. The highest BCUT2D eigenvalue weighted by Crippen LogP contribution is 2.11. The summed E-state index contributed by atoms with van der Waals surface area (Å²) in [5, 5.41) is 14.0. The zero-order valence-electron chi connectivity index (χ0n) is 10.0. The topological polar surface area (TPSA) is 95.5 Å². The lowest BCUT2D eigenvalue weighted by Crippen LogP contribution is -2.51. The number of carbonyl (C=O) groups is 3. The van der Waals surface area contributed by atoms with Crippen molar-refractivity contribution in [3.8, 4) is 0 Å². The van der Waals surface area contributed by atoms with Crippen molar-refractivity contribution < 1.29 is 19.5 Å². The summed E-state index contributed by atoms with van der Waals surface area (Å²) < 4.78 is 0. The van der Waals surface area contributed by atoms with Crippen LogP contribution in [0.5, 0.6) is 0 Å². The molecule has 1 saturated heterocycles. The maximum atomic E-state index is 11.7. The second-order valence-electron chi connectivity index (χ2n) is 4.37. The maximum Gasteiger partial charge on any atom is 0.326 e. The highest BCUT2D eigenvalue weighted by Gasteiger charge is 2.32. The van der Waals surface area contributed by atoms with E-state index in [0.717, 1.165) is 0 Å². The Hall–Kier alpha value is -1.59. The molecular weight excluding hydrogens is 224 g/mol. The number of aliphatic carboxylic acids is 1. The Morgan fingerprint density at radius 3 is 2.65 bits per heavy atom. The van der Waals surface area contributed by atoms with Crippen molar-refractivity contribution in [3.63, 3.8) is 0 Å². The van der Waals surface area contributed by atoms with Crippen LogP contribution in [0.2, 0.25) is 0 Å². The molecule has 1 heterocycles. The van der Waals surface area contributed by atoms with Gasteiger partial charge >= 0.3 is 5.97 Å². The predicted octanol–water partition coefficient (Wildman–Crippen LogP) is -0.119. The molecular formula is C11H18N2O4. The third kappa shape index (κ3) is 3.44. The molecule has 6 nitrogen and oxygen atoms in total. The Bertz CT molecular complexity index is 329. The van der Waals surface area contributed by atoms with E-state index in [1.807, 2.05) is 6.92 Å². The molecule has 0 saturated carbocycles. The van der Waals surface area contributed by atoms with Crippen LogP contribution in [0.1, 0.15) is 33.1 Å². The molecule has 0 aromatic rings. The minimum atomic E-state index is -1.04. The predicted molar refractivity (Wildman–Crippen MR) is 60.2 cm³/mol. The van der Waals surface area contributed by atoms with Gasteiger partial charge < -0.3 is 15.7 Å². The van der Waals surface area contributed by atoms with E-state index in [0.29, 0.717) is 19.3 Å². The molecule has 6 heteroatoms. The Labute approximate surface area is 99.8 Å². The summed E-state index contributed by atoms with van der Waals surface area (Å²) >= 11 is 0. The van der Waals surface area contributed by atoms with Crippen LogP contribution in [0, 0.1) is 5.92 Å². The first kappa shape index (κ1) is 13.5. The number of amides is 2. The number of hydrogen-bond acceptors (Lipinski definition) is 3. The van der Waals surface area contributed by atoms with E-state index in [1.54, 1.807) is 6.92 Å². The fourth-order valence-electron chi connectivity index (χ4n) is 1.75. The van der Waals surface area contributed by atoms with E-state index in [4.69, 9.17) is 5.11 Å². The zero-order chi connectivity index (χ0) is 13.0. The van der Waals surface area contributed by atoms with Crippen molar-refractivity contribution >= 4 is 17.8 Å². The molecule has 0 aromatic heterocycles. The van der Waals surface area contributed by atoms with Crippen molar-refractivity contribution in [3.05, 3.63) is 0 Å². The Morgan fingerprint density at radius 2 is 2.24 bits per heavy atom. The zero-order valence-corrected chi connectivity index (χ0v) is 10.0. The second-order valence-corrected chi connectivity index (χ2v) is 4.37. The van der Waals surface area contributed by atoms with Gasteiger partial charge in [-0.2, -0.15) is 0 Å². The molecule has 1 fully saturated rings. The highest BCUT2D eigenvalue weighted by atomic mass is 16.4. The van der Waals surface area contributed by atoms with E-state index in [2.05, 4.69) is 10.6 Å². The van der Waals surface area contributed by atoms with Crippen LogP contribution in [0.15, 0.2) is 0 Å². The first-order valence-corrected chi connectivity index (χ1v) is 5.78. The van der Waals surface area contributed by atoms with E-state index < -0.39 is 24.0 Å². The van der Waals surface area contributed by atoms with Crippen LogP contribution in [0.25, 0.3) is 0 Å². The molecule has 0 radical (unpaired) electrons. The third-order valence-corrected chi connectivity index (χ3v) is 3.09. The van der Waals surface area contributed by atoms with Gasteiger partial charge in [-0.05, 0) is 12.3 Å². The Kier molecular flexibility index (Phi) is 4.48. The van der Waals surface area contributed by atoms with Crippen molar-refractivity contribution in [1.29, 1.82) is 0 Å². The molecule has 0 aromatic carbocycles. The molecule has 1 rings (SSSR count). The first-order valence-electron chi connectivity index (χ1n) is 5.78. The second kappa shape index (κ2) is 5.65. The lowest BCUT2D eigenvalue weighted by Gasteiger charge is -2.21. The van der Waals surface area contributed by atoms with Crippen LogP contribution in [-0.2, 0) is 14.4 Å². The van der Waals surface area contributed by atoms with Gasteiger partial charge in [-0.1, -0.05) is 20.3 Å². The summed E-state index contributed by atoms with van der Waals surface area (Å²) in [4.78, 5) is 33.7. The average Bonchev–Trinajstić information content (AvgIpc) is 2.71. The molecule has 0 bridgehead atoms. The maximum absolute atomic E-state index is 11.7. The van der Waals surface area contributed by atoms with Crippen LogP contribution in [-0.4, -0.2) is 35.0 Å². The highest BCUT2D eigenvalue weighted by molar-refractivity contribution is 5.92. The molecule has 96 valence electrons. The monoisotopic (exact) mass is 242 g/mol. The first-order chi connectivity index (χ1) is 7.95. The van der Waals surface area contributed by atoms with E-state index in [9.17, 15) is 14.4 Å². The van der Waals surface area contributed by atoms with Crippen LogP contribution in [0.4, 0.5) is 0 Å². The largest absolute Gasteiger partial charge is 0.480 e. The smallest absolute Gasteiger partial charge is 0.326 e. The van der Waals surface area contributed by atoms with Gasteiger partial charge in [0.25, 0.3) is 0 Å². The van der Waals surface area contributed by atoms with Gasteiger partial charge in [0.1, 0.15) is 12.1 Å². The summed E-state index contributed by atoms with van der Waals surface area (Å²) in [7, 11) is 0. The van der Waals surface area contributed by atoms with Gasteiger partial charge in [0, 0.05) is 6.42 Å². The van der Waals surface area contributed by atoms with Gasteiger partial charge in [-0.3, -0.25) is 9.59 Å². The van der Waals surface area contributed by atoms with Gasteiger partial charge in [0.2, 0.25) is 11.8 Å². The number of carboxylic acid groups (broad SMARTS) is 1. The number of hydrogen-bond donors (Lipinski definition) is 3. The molecule has 1 aliphatic heterocycles. The molecule has 0 unspecified atom stereocenters. The standard InChI is InChI=1S/C11H18N2O4/c1-3-6(2)9(11(16)17)13-10(15)7-4-5-8(14)12-7/h6-7,9H,3-5H2,1-2H3,(H,12,14)(H,13,15)(H,16,17)/t6-,7+,9-/m0/s1. The summed E-state index contributed by atoms with van der Waals surface area (Å²) in [6.07, 6.45) is 1.41. The van der Waals surface area contributed by atoms with Crippen LogP contribution >= 0.6 is 0 Å². The molecule has 2 amide bonds. The lowest BCUT2D eigenvalue weighted by molar-refractivity contribution is -0.143. The average molecular weight is 242 g/mol. The summed E-state index contributed by atoms with van der Waals surface area (Å²) in [5.74, 6) is -1.77. The Balaban J connectivity index is 2.58. The lowest BCUT2D eigenvalue weighted by atomic mass is 9.99.